The molecular formula is C16H25NO3. The molecular weight excluding hydrogens is 254 g/mol. The number of rotatable bonds is 9. The molecule has 4 heteroatoms. The third-order valence-corrected chi connectivity index (χ3v) is 3.32. The molecule has 1 aliphatic carbocycles. The highest BCUT2D eigenvalue weighted by atomic mass is 16.7. The summed E-state index contributed by atoms with van der Waals surface area (Å²) in [6, 6.07) is 6.29. The van der Waals surface area contributed by atoms with Crippen LogP contribution in [0.25, 0.3) is 0 Å². The fourth-order valence-corrected chi connectivity index (χ4v) is 1.88. The van der Waals surface area contributed by atoms with Crippen LogP contribution in [0, 0.1) is 5.92 Å². The highest BCUT2D eigenvalue weighted by molar-refractivity contribution is 5.40. The molecule has 112 valence electrons. The molecule has 0 heterocycles. The molecule has 0 aliphatic heterocycles. The summed E-state index contributed by atoms with van der Waals surface area (Å²) in [6.45, 7) is 6.14. The van der Waals surface area contributed by atoms with Crippen molar-refractivity contribution in [3.8, 4) is 11.5 Å². The van der Waals surface area contributed by atoms with Crippen LogP contribution in [0.15, 0.2) is 18.2 Å². The van der Waals surface area contributed by atoms with Crippen molar-refractivity contribution >= 4 is 0 Å². The average molecular weight is 279 g/mol. The van der Waals surface area contributed by atoms with E-state index in [2.05, 4.69) is 19.2 Å². The first kappa shape index (κ1) is 15.1. The first-order valence-electron chi connectivity index (χ1n) is 7.30. The van der Waals surface area contributed by atoms with Crippen LogP contribution in [0.2, 0.25) is 0 Å². The minimum atomic E-state index is 0.317. The van der Waals surface area contributed by atoms with Gasteiger partial charge in [-0.25, -0.2) is 0 Å². The predicted molar refractivity (Wildman–Crippen MR) is 79.1 cm³/mol. The van der Waals surface area contributed by atoms with Gasteiger partial charge in [-0.1, -0.05) is 13.8 Å². The van der Waals surface area contributed by atoms with Crippen LogP contribution in [0.3, 0.4) is 0 Å². The van der Waals surface area contributed by atoms with E-state index in [0.29, 0.717) is 12.8 Å². The van der Waals surface area contributed by atoms with Crippen molar-refractivity contribution in [3.05, 3.63) is 23.8 Å². The molecule has 0 aromatic heterocycles. The van der Waals surface area contributed by atoms with Gasteiger partial charge in [0.15, 0.2) is 6.79 Å². The van der Waals surface area contributed by atoms with E-state index in [1.54, 1.807) is 7.11 Å². The number of ether oxygens (including phenoxy) is 3. The first-order valence-corrected chi connectivity index (χ1v) is 7.30. The lowest BCUT2D eigenvalue weighted by atomic mass is 10.2. The van der Waals surface area contributed by atoms with Crippen molar-refractivity contribution in [2.45, 2.75) is 39.3 Å². The van der Waals surface area contributed by atoms with E-state index < -0.39 is 0 Å². The van der Waals surface area contributed by atoms with Gasteiger partial charge in [-0.2, -0.15) is 0 Å². The van der Waals surface area contributed by atoms with Crippen LogP contribution < -0.4 is 14.8 Å². The second-order valence-corrected chi connectivity index (χ2v) is 5.59. The van der Waals surface area contributed by atoms with Crippen LogP contribution in [0.4, 0.5) is 0 Å². The molecule has 1 saturated carbocycles. The van der Waals surface area contributed by atoms with Gasteiger partial charge in [0.1, 0.15) is 11.5 Å². The second kappa shape index (κ2) is 7.50. The van der Waals surface area contributed by atoms with Gasteiger partial charge in [-0.15, -0.1) is 0 Å². The first-order chi connectivity index (χ1) is 9.69. The second-order valence-electron chi connectivity index (χ2n) is 5.59. The van der Waals surface area contributed by atoms with E-state index in [-0.39, 0.29) is 0 Å². The molecule has 0 amide bonds. The Labute approximate surface area is 121 Å². The van der Waals surface area contributed by atoms with Crippen molar-refractivity contribution in [2.75, 3.05) is 20.5 Å². The molecule has 2 rings (SSSR count). The fraction of sp³-hybridized carbons (Fsp3) is 0.625. The van der Waals surface area contributed by atoms with Gasteiger partial charge in [-0.05, 0) is 37.0 Å². The van der Waals surface area contributed by atoms with Crippen molar-refractivity contribution in [1.82, 2.24) is 5.32 Å². The lowest BCUT2D eigenvalue weighted by Crippen LogP contribution is -2.22. The molecule has 0 radical (unpaired) electrons. The predicted octanol–water partition coefficient (Wildman–Crippen LogP) is 2.96. The maximum atomic E-state index is 5.73. The molecule has 0 unspecified atom stereocenters. The van der Waals surface area contributed by atoms with Gasteiger partial charge in [-0.3, -0.25) is 0 Å². The van der Waals surface area contributed by atoms with E-state index in [9.17, 15) is 0 Å². The highest BCUT2D eigenvalue weighted by Crippen LogP contribution is 2.29. The Balaban J connectivity index is 1.89. The minimum Gasteiger partial charge on any atom is -0.497 e. The standard InChI is InChI=1S/C16H25NO3/c1-12(2)17-9-14-8-15(18-3)6-7-16(14)20-11-19-10-13-4-5-13/h6-8,12-13,17H,4-5,9-11H2,1-3H3. The van der Waals surface area contributed by atoms with E-state index >= 15 is 0 Å². The molecule has 1 aromatic rings. The summed E-state index contributed by atoms with van der Waals surface area (Å²) in [4.78, 5) is 0. The Morgan fingerprint density at radius 3 is 2.75 bits per heavy atom. The molecule has 0 bridgehead atoms. The zero-order valence-electron chi connectivity index (χ0n) is 12.6. The minimum absolute atomic E-state index is 0.317. The van der Waals surface area contributed by atoms with E-state index in [0.717, 1.165) is 36.1 Å². The molecule has 0 saturated heterocycles. The molecule has 1 fully saturated rings. The molecule has 20 heavy (non-hydrogen) atoms. The highest BCUT2D eigenvalue weighted by Gasteiger charge is 2.21. The Bertz CT molecular complexity index is 416. The van der Waals surface area contributed by atoms with Crippen LogP contribution in [0.5, 0.6) is 11.5 Å². The summed E-state index contributed by atoms with van der Waals surface area (Å²) in [6.07, 6.45) is 2.60. The Morgan fingerprint density at radius 1 is 1.30 bits per heavy atom. The number of hydrogen-bond acceptors (Lipinski definition) is 4. The van der Waals surface area contributed by atoms with Crippen molar-refractivity contribution in [1.29, 1.82) is 0 Å². The van der Waals surface area contributed by atoms with Gasteiger partial charge >= 0.3 is 0 Å². The zero-order chi connectivity index (χ0) is 14.4. The van der Waals surface area contributed by atoms with E-state index in [1.165, 1.54) is 12.8 Å². The van der Waals surface area contributed by atoms with Crippen molar-refractivity contribution in [3.63, 3.8) is 0 Å². The number of benzene rings is 1. The smallest absolute Gasteiger partial charge is 0.189 e. The molecule has 4 nitrogen and oxygen atoms in total. The number of nitrogens with one attached hydrogen (secondary N) is 1. The van der Waals surface area contributed by atoms with Crippen LogP contribution in [-0.4, -0.2) is 26.6 Å². The summed E-state index contributed by atoms with van der Waals surface area (Å²) < 4.78 is 16.5. The molecule has 1 aliphatic rings. The van der Waals surface area contributed by atoms with Crippen LogP contribution >= 0.6 is 0 Å². The quantitative estimate of drug-likeness (QED) is 0.557. The normalized spacial score (nSPS) is 14.6. The fourth-order valence-electron chi connectivity index (χ4n) is 1.88. The van der Waals surface area contributed by atoms with E-state index in [1.807, 2.05) is 18.2 Å². The van der Waals surface area contributed by atoms with Gasteiger partial charge in [0.2, 0.25) is 0 Å². The summed E-state index contributed by atoms with van der Waals surface area (Å²) in [5.41, 5.74) is 1.09. The van der Waals surface area contributed by atoms with Gasteiger partial charge in [0.05, 0.1) is 13.7 Å². The van der Waals surface area contributed by atoms with E-state index in [4.69, 9.17) is 14.2 Å². The Morgan fingerprint density at radius 2 is 2.10 bits per heavy atom. The van der Waals surface area contributed by atoms with Gasteiger partial charge in [0.25, 0.3) is 0 Å². The summed E-state index contributed by atoms with van der Waals surface area (Å²) in [5.74, 6) is 2.46. The Kier molecular flexibility index (Phi) is 5.68. The third kappa shape index (κ3) is 5.02. The van der Waals surface area contributed by atoms with Crippen LogP contribution in [-0.2, 0) is 11.3 Å². The lowest BCUT2D eigenvalue weighted by molar-refractivity contribution is 0.00938. The van der Waals surface area contributed by atoms with Crippen LogP contribution in [0.1, 0.15) is 32.3 Å². The topological polar surface area (TPSA) is 39.7 Å². The molecule has 1 aromatic carbocycles. The summed E-state index contributed by atoms with van der Waals surface area (Å²) >= 11 is 0. The molecule has 0 atom stereocenters. The number of hydrogen-bond donors (Lipinski definition) is 1. The molecule has 0 spiro atoms. The summed E-state index contributed by atoms with van der Waals surface area (Å²) in [5, 5.41) is 3.40. The average Bonchev–Trinajstić information content (AvgIpc) is 3.26. The van der Waals surface area contributed by atoms with Crippen molar-refractivity contribution < 1.29 is 14.2 Å². The van der Waals surface area contributed by atoms with Gasteiger partial charge in [0, 0.05) is 18.2 Å². The maximum Gasteiger partial charge on any atom is 0.189 e. The maximum absolute atomic E-state index is 5.73. The SMILES string of the molecule is COc1ccc(OCOCC2CC2)c(CNC(C)C)c1. The lowest BCUT2D eigenvalue weighted by Gasteiger charge is -2.15. The molecule has 1 N–H and O–H groups in total. The van der Waals surface area contributed by atoms with Crippen molar-refractivity contribution in [2.24, 2.45) is 5.92 Å². The monoisotopic (exact) mass is 279 g/mol. The van der Waals surface area contributed by atoms with Gasteiger partial charge < -0.3 is 19.5 Å². The third-order valence-electron chi connectivity index (χ3n) is 3.32. The zero-order valence-corrected chi connectivity index (χ0v) is 12.6. The summed E-state index contributed by atoms with van der Waals surface area (Å²) in [7, 11) is 1.67. The largest absolute Gasteiger partial charge is 0.497 e. The Hall–Kier alpha value is -1.26. The number of methoxy groups -OCH3 is 1.